The third-order valence-electron chi connectivity index (χ3n) is 4.61. The van der Waals surface area contributed by atoms with Crippen molar-refractivity contribution in [3.8, 4) is 5.75 Å². The van der Waals surface area contributed by atoms with Gasteiger partial charge in [0.05, 0.1) is 33.3 Å². The van der Waals surface area contributed by atoms with Gasteiger partial charge in [-0.15, -0.1) is 10.2 Å². The van der Waals surface area contributed by atoms with Crippen molar-refractivity contribution < 1.29 is 14.4 Å². The number of aryl methyl sites for hydroxylation is 1. The SMILES string of the molecule is COc1ccc(N2CC[NH+]([C@@H](C)C(=O)Nc3nnc(C)s3)CC2)cc1. The third-order valence-corrected chi connectivity index (χ3v) is 5.36. The van der Waals surface area contributed by atoms with Gasteiger partial charge in [0.1, 0.15) is 10.8 Å². The lowest BCUT2D eigenvalue weighted by molar-refractivity contribution is -0.914. The quantitative estimate of drug-likeness (QED) is 0.815. The number of carbonyl (C=O) groups is 1. The van der Waals surface area contributed by atoms with Crippen LogP contribution in [0.25, 0.3) is 0 Å². The van der Waals surface area contributed by atoms with Gasteiger partial charge in [0, 0.05) is 5.69 Å². The summed E-state index contributed by atoms with van der Waals surface area (Å²) in [5.41, 5.74) is 1.20. The molecular formula is C17H24N5O2S+. The molecule has 7 nitrogen and oxygen atoms in total. The second kappa shape index (κ2) is 7.79. The Balaban J connectivity index is 1.53. The standard InChI is InChI=1S/C17H23N5O2S/c1-12(16(23)18-17-20-19-13(2)25-17)21-8-10-22(11-9-21)14-4-6-15(24-3)7-5-14/h4-7,12H,8-11H2,1-3H3,(H,18,20,23)/p+1/t12-/m0/s1. The fourth-order valence-corrected chi connectivity index (χ4v) is 3.62. The van der Waals surface area contributed by atoms with E-state index in [0.29, 0.717) is 5.13 Å². The highest BCUT2D eigenvalue weighted by Gasteiger charge is 2.29. The van der Waals surface area contributed by atoms with Gasteiger partial charge in [0.2, 0.25) is 5.13 Å². The molecule has 0 aliphatic carbocycles. The smallest absolute Gasteiger partial charge is 0.284 e. The number of anilines is 2. The van der Waals surface area contributed by atoms with Crippen molar-refractivity contribution in [2.45, 2.75) is 19.9 Å². The summed E-state index contributed by atoms with van der Waals surface area (Å²) < 4.78 is 5.21. The molecule has 1 aliphatic heterocycles. The Morgan fingerprint density at radius 2 is 1.96 bits per heavy atom. The first-order valence-corrected chi connectivity index (χ1v) is 9.23. The van der Waals surface area contributed by atoms with Crippen molar-refractivity contribution in [1.29, 1.82) is 0 Å². The monoisotopic (exact) mass is 362 g/mol. The minimum absolute atomic E-state index is 0.00375. The van der Waals surface area contributed by atoms with Crippen molar-refractivity contribution in [3.05, 3.63) is 29.3 Å². The lowest BCUT2D eigenvalue weighted by atomic mass is 10.2. The number of rotatable bonds is 5. The molecule has 1 aromatic heterocycles. The van der Waals surface area contributed by atoms with Crippen LogP contribution in [0.1, 0.15) is 11.9 Å². The van der Waals surface area contributed by atoms with Crippen LogP contribution in [0.15, 0.2) is 24.3 Å². The first-order chi connectivity index (χ1) is 12.1. The van der Waals surface area contributed by atoms with Crippen molar-refractivity contribution >= 4 is 28.1 Å². The Kier molecular flexibility index (Phi) is 5.50. The molecule has 0 radical (unpaired) electrons. The van der Waals surface area contributed by atoms with Gasteiger partial charge < -0.3 is 14.5 Å². The van der Waals surface area contributed by atoms with Gasteiger partial charge >= 0.3 is 0 Å². The summed E-state index contributed by atoms with van der Waals surface area (Å²) in [6.07, 6.45) is 0. The molecule has 1 aromatic carbocycles. The number of ether oxygens (including phenoxy) is 1. The second-order valence-corrected chi connectivity index (χ2v) is 7.36. The number of nitrogens with one attached hydrogen (secondary N) is 2. The van der Waals surface area contributed by atoms with Crippen molar-refractivity contribution in [2.75, 3.05) is 43.5 Å². The minimum atomic E-state index is -0.109. The number of benzene rings is 1. The van der Waals surface area contributed by atoms with E-state index in [2.05, 4.69) is 32.5 Å². The molecule has 1 saturated heterocycles. The van der Waals surface area contributed by atoms with Gasteiger partial charge in [-0.2, -0.15) is 0 Å². The first-order valence-electron chi connectivity index (χ1n) is 8.41. The molecule has 1 fully saturated rings. The summed E-state index contributed by atoms with van der Waals surface area (Å²) in [4.78, 5) is 16.1. The fourth-order valence-electron chi connectivity index (χ4n) is 3.02. The molecule has 0 bridgehead atoms. The third kappa shape index (κ3) is 4.26. The Labute approximate surface area is 151 Å². The first kappa shape index (κ1) is 17.6. The molecule has 2 N–H and O–H groups in total. The number of hydrogen-bond acceptors (Lipinski definition) is 6. The maximum Gasteiger partial charge on any atom is 0.284 e. The molecule has 0 saturated carbocycles. The number of carbonyl (C=O) groups excluding carboxylic acids is 1. The van der Waals surface area contributed by atoms with E-state index in [4.69, 9.17) is 4.74 Å². The molecule has 25 heavy (non-hydrogen) atoms. The summed E-state index contributed by atoms with van der Waals surface area (Å²) in [7, 11) is 1.67. The molecular weight excluding hydrogens is 338 g/mol. The average Bonchev–Trinajstić information content (AvgIpc) is 3.06. The Morgan fingerprint density at radius 3 is 2.52 bits per heavy atom. The highest BCUT2D eigenvalue weighted by molar-refractivity contribution is 7.15. The van der Waals surface area contributed by atoms with Crippen molar-refractivity contribution in [1.82, 2.24) is 10.2 Å². The molecule has 2 heterocycles. The van der Waals surface area contributed by atoms with Crippen LogP contribution in [0.3, 0.4) is 0 Å². The number of quaternary nitrogens is 1. The summed E-state index contributed by atoms with van der Waals surface area (Å²) in [6.45, 7) is 7.56. The Hall–Kier alpha value is -2.19. The summed E-state index contributed by atoms with van der Waals surface area (Å²) in [5, 5.41) is 12.2. The van der Waals surface area contributed by atoms with Gasteiger partial charge in [0.15, 0.2) is 6.04 Å². The zero-order chi connectivity index (χ0) is 17.8. The maximum atomic E-state index is 12.4. The van der Waals surface area contributed by atoms with Crippen LogP contribution in [0.2, 0.25) is 0 Å². The van der Waals surface area contributed by atoms with Crippen LogP contribution in [-0.2, 0) is 4.79 Å². The van der Waals surface area contributed by atoms with Crippen LogP contribution in [0.5, 0.6) is 5.75 Å². The van der Waals surface area contributed by atoms with Gasteiger partial charge in [-0.3, -0.25) is 10.1 Å². The number of aromatic nitrogens is 2. The normalized spacial score (nSPS) is 16.5. The molecule has 1 amide bonds. The zero-order valence-electron chi connectivity index (χ0n) is 14.8. The van der Waals surface area contributed by atoms with E-state index >= 15 is 0 Å². The maximum absolute atomic E-state index is 12.4. The minimum Gasteiger partial charge on any atom is -0.497 e. The number of nitrogens with zero attached hydrogens (tertiary/aromatic N) is 3. The molecule has 0 unspecified atom stereocenters. The van der Waals surface area contributed by atoms with Crippen LogP contribution in [0.4, 0.5) is 10.8 Å². The van der Waals surface area contributed by atoms with E-state index in [0.717, 1.165) is 36.9 Å². The predicted molar refractivity (Wildman–Crippen MR) is 98.6 cm³/mol. The van der Waals surface area contributed by atoms with Gasteiger partial charge in [-0.05, 0) is 38.1 Å². The molecule has 1 aliphatic rings. The van der Waals surface area contributed by atoms with Crippen LogP contribution in [0, 0.1) is 6.92 Å². The lowest BCUT2D eigenvalue weighted by Crippen LogP contribution is -3.19. The number of piperazine rings is 1. The highest BCUT2D eigenvalue weighted by Crippen LogP contribution is 2.19. The highest BCUT2D eigenvalue weighted by atomic mass is 32.1. The lowest BCUT2D eigenvalue weighted by Gasteiger charge is -2.35. The van der Waals surface area contributed by atoms with Gasteiger partial charge in [-0.1, -0.05) is 11.3 Å². The summed E-state index contributed by atoms with van der Waals surface area (Å²) >= 11 is 1.40. The van der Waals surface area contributed by atoms with Crippen molar-refractivity contribution in [3.63, 3.8) is 0 Å². The molecule has 0 spiro atoms. The van der Waals surface area contributed by atoms with E-state index in [1.807, 2.05) is 26.0 Å². The van der Waals surface area contributed by atoms with E-state index in [9.17, 15) is 4.79 Å². The summed E-state index contributed by atoms with van der Waals surface area (Å²) in [6, 6.07) is 8.01. The Morgan fingerprint density at radius 1 is 1.28 bits per heavy atom. The van der Waals surface area contributed by atoms with Crippen LogP contribution < -0.4 is 19.9 Å². The predicted octanol–water partition coefficient (Wildman–Crippen LogP) is 0.587. The second-order valence-electron chi connectivity index (χ2n) is 6.18. The molecule has 134 valence electrons. The number of methoxy groups -OCH3 is 1. The summed E-state index contributed by atoms with van der Waals surface area (Å²) in [5.74, 6) is 0.870. The van der Waals surface area contributed by atoms with E-state index in [1.54, 1.807) is 7.11 Å². The molecule has 2 aromatic rings. The van der Waals surface area contributed by atoms with Crippen molar-refractivity contribution in [2.24, 2.45) is 0 Å². The van der Waals surface area contributed by atoms with Gasteiger partial charge in [0.25, 0.3) is 5.91 Å². The van der Waals surface area contributed by atoms with E-state index < -0.39 is 0 Å². The number of amides is 1. The topological polar surface area (TPSA) is 71.8 Å². The largest absolute Gasteiger partial charge is 0.497 e. The zero-order valence-corrected chi connectivity index (χ0v) is 15.6. The van der Waals surface area contributed by atoms with Gasteiger partial charge in [-0.25, -0.2) is 0 Å². The fraction of sp³-hybridized carbons (Fsp3) is 0.471. The van der Waals surface area contributed by atoms with E-state index in [-0.39, 0.29) is 11.9 Å². The molecule has 8 heteroatoms. The average molecular weight is 362 g/mol. The Bertz CT molecular complexity index is 710. The number of hydrogen-bond donors (Lipinski definition) is 2. The van der Waals surface area contributed by atoms with Crippen LogP contribution >= 0.6 is 11.3 Å². The molecule has 1 atom stereocenters. The van der Waals surface area contributed by atoms with E-state index in [1.165, 1.54) is 21.9 Å². The van der Waals surface area contributed by atoms with Crippen LogP contribution in [-0.4, -0.2) is 55.4 Å². The molecule has 3 rings (SSSR count).